The van der Waals surface area contributed by atoms with Crippen LogP contribution in [-0.2, 0) is 28.5 Å². The van der Waals surface area contributed by atoms with Crippen LogP contribution in [0.1, 0.15) is 43.0 Å². The van der Waals surface area contributed by atoms with Crippen molar-refractivity contribution in [1.29, 1.82) is 0 Å². The van der Waals surface area contributed by atoms with Gasteiger partial charge in [-0.3, -0.25) is 4.68 Å². The third-order valence-corrected chi connectivity index (χ3v) is 7.76. The van der Waals surface area contributed by atoms with Crippen LogP contribution >= 0.6 is 0 Å². The molecule has 0 bridgehead atoms. The van der Waals surface area contributed by atoms with Gasteiger partial charge in [0.2, 0.25) is 0 Å². The largest absolute Gasteiger partial charge is 0.379 e. The first-order valence-corrected chi connectivity index (χ1v) is 11.3. The first kappa shape index (κ1) is 20.7. The molecule has 1 aromatic rings. The average molecular weight is 400 g/mol. The molecule has 1 N–H and O–H groups in total. The van der Waals surface area contributed by atoms with Gasteiger partial charge in [0.15, 0.2) is 0 Å². The molecule has 0 amide bonds. The molecule has 9 heteroatoms. The highest BCUT2D eigenvalue weighted by Gasteiger charge is 2.30. The fourth-order valence-electron chi connectivity index (χ4n) is 4.11. The normalized spacial score (nSPS) is 25.2. The van der Waals surface area contributed by atoms with Crippen molar-refractivity contribution in [2.75, 3.05) is 46.9 Å². The van der Waals surface area contributed by atoms with Crippen molar-refractivity contribution in [1.82, 2.24) is 23.7 Å². The van der Waals surface area contributed by atoms with Crippen LogP contribution < -0.4 is 5.32 Å². The number of nitrogens with zero attached hydrogens (tertiary/aromatic N) is 4. The Labute approximate surface area is 163 Å². The summed E-state index contributed by atoms with van der Waals surface area (Å²) in [5, 5.41) is 7.97. The van der Waals surface area contributed by atoms with E-state index in [1.807, 2.05) is 18.8 Å². The van der Waals surface area contributed by atoms with Gasteiger partial charge in [-0.1, -0.05) is 0 Å². The number of morpholine rings is 1. The van der Waals surface area contributed by atoms with Crippen LogP contribution in [0, 0.1) is 5.92 Å². The Morgan fingerprint density at radius 2 is 1.93 bits per heavy atom. The molecule has 1 saturated heterocycles. The Balaban J connectivity index is 1.63. The van der Waals surface area contributed by atoms with E-state index in [0.29, 0.717) is 38.8 Å². The van der Waals surface area contributed by atoms with E-state index in [1.165, 1.54) is 21.5 Å². The van der Waals surface area contributed by atoms with Crippen LogP contribution in [0.3, 0.4) is 0 Å². The molecule has 0 atom stereocenters. The van der Waals surface area contributed by atoms with Crippen LogP contribution in [0.15, 0.2) is 6.07 Å². The summed E-state index contributed by atoms with van der Waals surface area (Å²) in [5.41, 5.74) is 2.04. The second-order valence-electron chi connectivity index (χ2n) is 7.73. The second-order valence-corrected chi connectivity index (χ2v) is 9.77. The second kappa shape index (κ2) is 9.00. The van der Waals surface area contributed by atoms with Crippen molar-refractivity contribution in [3.05, 3.63) is 17.5 Å². The Kier molecular flexibility index (Phi) is 6.91. The molecule has 0 radical (unpaired) electrons. The highest BCUT2D eigenvalue weighted by atomic mass is 32.2. The van der Waals surface area contributed by atoms with Gasteiger partial charge in [-0.15, -0.1) is 0 Å². The van der Waals surface area contributed by atoms with Crippen LogP contribution in [0.25, 0.3) is 0 Å². The zero-order valence-corrected chi connectivity index (χ0v) is 17.5. The van der Waals surface area contributed by atoms with E-state index in [-0.39, 0.29) is 0 Å². The van der Waals surface area contributed by atoms with E-state index in [1.54, 1.807) is 7.05 Å². The molecule has 1 aliphatic heterocycles. The SMILES string of the molecule is CNCC1CCC(c2cc(CN(C)S(=O)(=O)N3CCOCC3)n(C)n2)CC1. The Morgan fingerprint density at radius 3 is 2.56 bits per heavy atom. The first-order valence-electron chi connectivity index (χ1n) is 9.88. The summed E-state index contributed by atoms with van der Waals surface area (Å²) in [6, 6.07) is 2.09. The van der Waals surface area contributed by atoms with Gasteiger partial charge in [0.05, 0.1) is 31.1 Å². The molecular formula is C18H33N5O3S. The molecular weight excluding hydrogens is 366 g/mol. The summed E-state index contributed by atoms with van der Waals surface area (Å²) in [5.74, 6) is 1.25. The third-order valence-electron chi connectivity index (χ3n) is 5.83. The van der Waals surface area contributed by atoms with Crippen molar-refractivity contribution in [2.45, 2.75) is 38.1 Å². The molecule has 8 nitrogen and oxygen atoms in total. The molecule has 1 aliphatic carbocycles. The van der Waals surface area contributed by atoms with Gasteiger partial charge in [-0.25, -0.2) is 0 Å². The van der Waals surface area contributed by atoms with Gasteiger partial charge in [0.1, 0.15) is 0 Å². The summed E-state index contributed by atoms with van der Waals surface area (Å²) < 4.78 is 35.5. The van der Waals surface area contributed by atoms with Gasteiger partial charge in [-0.2, -0.15) is 22.1 Å². The maximum atomic E-state index is 12.8. The van der Waals surface area contributed by atoms with Crippen molar-refractivity contribution >= 4 is 10.2 Å². The van der Waals surface area contributed by atoms with Crippen molar-refractivity contribution < 1.29 is 13.2 Å². The molecule has 3 rings (SSSR count). The maximum absolute atomic E-state index is 12.8. The predicted octanol–water partition coefficient (Wildman–Crippen LogP) is 0.922. The van der Waals surface area contributed by atoms with Gasteiger partial charge >= 0.3 is 0 Å². The van der Waals surface area contributed by atoms with Crippen LogP contribution in [-0.4, -0.2) is 73.8 Å². The standard InChI is InChI=1S/C18H33N5O3S/c1-19-13-15-4-6-16(7-5-15)18-12-17(22(3)20-18)14-21(2)27(24,25)23-8-10-26-11-9-23/h12,15-16,19H,4-11,13-14H2,1-3H3. The lowest BCUT2D eigenvalue weighted by Crippen LogP contribution is -2.47. The lowest BCUT2D eigenvalue weighted by atomic mass is 9.80. The molecule has 0 unspecified atom stereocenters. The Morgan fingerprint density at radius 1 is 1.26 bits per heavy atom. The molecule has 0 aromatic carbocycles. The van der Waals surface area contributed by atoms with E-state index in [2.05, 4.69) is 11.4 Å². The Bertz CT molecular complexity index is 707. The molecule has 0 spiro atoms. The third kappa shape index (κ3) is 4.89. The number of ether oxygens (including phenoxy) is 1. The molecule has 27 heavy (non-hydrogen) atoms. The van der Waals surface area contributed by atoms with Gasteiger partial charge in [-0.05, 0) is 51.3 Å². The minimum absolute atomic E-state index is 0.332. The topological polar surface area (TPSA) is 79.7 Å². The highest BCUT2D eigenvalue weighted by molar-refractivity contribution is 7.86. The number of hydrogen-bond acceptors (Lipinski definition) is 5. The number of aryl methyl sites for hydroxylation is 1. The van der Waals surface area contributed by atoms with E-state index in [0.717, 1.165) is 36.7 Å². The molecule has 154 valence electrons. The summed E-state index contributed by atoms with van der Waals surface area (Å²) in [7, 11) is 2.09. The average Bonchev–Trinajstić information content (AvgIpc) is 3.04. The lowest BCUT2D eigenvalue weighted by Gasteiger charge is -2.30. The number of nitrogens with one attached hydrogen (secondary N) is 1. The lowest BCUT2D eigenvalue weighted by molar-refractivity contribution is 0.0705. The number of aromatic nitrogens is 2. The molecule has 1 saturated carbocycles. The summed E-state index contributed by atoms with van der Waals surface area (Å²) in [6.45, 7) is 3.17. The smallest absolute Gasteiger partial charge is 0.282 e. The monoisotopic (exact) mass is 399 g/mol. The fourth-order valence-corrected chi connectivity index (χ4v) is 5.41. The van der Waals surface area contributed by atoms with Crippen molar-refractivity contribution in [3.63, 3.8) is 0 Å². The predicted molar refractivity (Wildman–Crippen MR) is 105 cm³/mol. The van der Waals surface area contributed by atoms with E-state index in [9.17, 15) is 8.42 Å². The van der Waals surface area contributed by atoms with Gasteiger partial charge < -0.3 is 10.1 Å². The molecule has 2 aliphatic rings. The van der Waals surface area contributed by atoms with Crippen molar-refractivity contribution in [3.8, 4) is 0 Å². The highest BCUT2D eigenvalue weighted by Crippen LogP contribution is 2.35. The van der Waals surface area contributed by atoms with Crippen molar-refractivity contribution in [2.24, 2.45) is 13.0 Å². The quantitative estimate of drug-likeness (QED) is 0.738. The number of rotatable bonds is 7. The first-order chi connectivity index (χ1) is 12.9. The summed E-state index contributed by atoms with van der Waals surface area (Å²) >= 11 is 0. The Hall–Kier alpha value is -1.00. The summed E-state index contributed by atoms with van der Waals surface area (Å²) in [4.78, 5) is 0. The van der Waals surface area contributed by atoms with Crippen LogP contribution in [0.5, 0.6) is 0 Å². The number of hydrogen-bond donors (Lipinski definition) is 1. The van der Waals surface area contributed by atoms with E-state index in [4.69, 9.17) is 9.84 Å². The molecule has 2 heterocycles. The van der Waals surface area contributed by atoms with E-state index >= 15 is 0 Å². The van der Waals surface area contributed by atoms with Gasteiger partial charge in [0.25, 0.3) is 10.2 Å². The van der Waals surface area contributed by atoms with Crippen LogP contribution in [0.2, 0.25) is 0 Å². The molecule has 1 aromatic heterocycles. The fraction of sp³-hybridized carbons (Fsp3) is 0.833. The maximum Gasteiger partial charge on any atom is 0.282 e. The minimum Gasteiger partial charge on any atom is -0.379 e. The minimum atomic E-state index is -3.47. The zero-order chi connectivity index (χ0) is 19.4. The van der Waals surface area contributed by atoms with E-state index < -0.39 is 10.2 Å². The zero-order valence-electron chi connectivity index (χ0n) is 16.7. The molecule has 2 fully saturated rings. The van der Waals surface area contributed by atoms with Crippen LogP contribution in [0.4, 0.5) is 0 Å². The van der Waals surface area contributed by atoms with Gasteiger partial charge in [0, 0.05) is 33.1 Å². The summed E-state index contributed by atoms with van der Waals surface area (Å²) in [6.07, 6.45) is 4.76.